The predicted molar refractivity (Wildman–Crippen MR) is 62.1 cm³/mol. The summed E-state index contributed by atoms with van der Waals surface area (Å²) in [4.78, 5) is 11.1. The summed E-state index contributed by atoms with van der Waals surface area (Å²) in [5.41, 5.74) is 0. The third-order valence-corrected chi connectivity index (χ3v) is 5.35. The molecule has 4 heteroatoms. The number of esters is 1. The molecule has 5 atom stereocenters. The minimum absolute atomic E-state index is 0.201. The molecule has 3 fully saturated rings. The monoisotopic (exact) mass is 258 g/mol. The average molecular weight is 258 g/mol. The summed E-state index contributed by atoms with van der Waals surface area (Å²) < 4.78 is 30.2. The molecule has 0 heterocycles. The molecule has 0 spiro atoms. The van der Waals surface area contributed by atoms with Gasteiger partial charge < -0.3 is 4.74 Å². The van der Waals surface area contributed by atoms with E-state index in [1.165, 1.54) is 25.7 Å². The van der Waals surface area contributed by atoms with E-state index in [4.69, 9.17) is 4.74 Å². The number of ether oxygens (including phenoxy) is 1. The van der Waals surface area contributed by atoms with Gasteiger partial charge in [0.25, 0.3) is 0 Å². The average Bonchev–Trinajstić information content (AvgIpc) is 2.95. The number of alkyl halides is 2. The molecule has 0 aromatic rings. The Morgan fingerprint density at radius 2 is 1.94 bits per heavy atom. The highest BCUT2D eigenvalue weighted by Crippen LogP contribution is 2.60. The number of fused-ring (bicyclic) bond motifs is 5. The quantitative estimate of drug-likeness (QED) is 0.726. The van der Waals surface area contributed by atoms with Crippen LogP contribution < -0.4 is 0 Å². The van der Waals surface area contributed by atoms with Crippen molar-refractivity contribution in [2.24, 2.45) is 29.6 Å². The maximum Gasteiger partial charge on any atom is 0.376 e. The summed E-state index contributed by atoms with van der Waals surface area (Å²) in [6.07, 6.45) is 6.28. The smallest absolute Gasteiger partial charge is 0.376 e. The van der Waals surface area contributed by atoms with Crippen molar-refractivity contribution in [2.75, 3.05) is 6.61 Å². The first-order valence-electron chi connectivity index (χ1n) is 7.02. The molecule has 3 saturated carbocycles. The molecule has 3 rings (SSSR count). The fourth-order valence-electron chi connectivity index (χ4n) is 4.71. The molecular formula is C14H20F2O2. The zero-order chi connectivity index (χ0) is 12.9. The minimum Gasteiger partial charge on any atom is -0.461 e. The van der Waals surface area contributed by atoms with E-state index in [1.807, 2.05) is 0 Å². The Labute approximate surface area is 106 Å². The van der Waals surface area contributed by atoms with Crippen LogP contribution in [-0.4, -0.2) is 18.5 Å². The summed E-state index contributed by atoms with van der Waals surface area (Å²) in [7, 11) is 0. The second-order valence-electron chi connectivity index (χ2n) is 6.40. The van der Waals surface area contributed by atoms with Gasteiger partial charge in [-0.2, -0.15) is 8.78 Å². The summed E-state index contributed by atoms with van der Waals surface area (Å²) in [6, 6.07) is 0. The number of rotatable bonds is 3. The molecule has 3 aliphatic rings. The van der Waals surface area contributed by atoms with Crippen LogP contribution in [0.15, 0.2) is 0 Å². The lowest BCUT2D eigenvalue weighted by Crippen LogP contribution is -2.32. The summed E-state index contributed by atoms with van der Waals surface area (Å²) in [6.45, 7) is 0.801. The van der Waals surface area contributed by atoms with Crippen molar-refractivity contribution < 1.29 is 18.3 Å². The van der Waals surface area contributed by atoms with Gasteiger partial charge in [0, 0.05) is 6.92 Å². The van der Waals surface area contributed by atoms with Gasteiger partial charge in [0.2, 0.25) is 0 Å². The van der Waals surface area contributed by atoms with Gasteiger partial charge >= 0.3 is 11.9 Å². The molecule has 18 heavy (non-hydrogen) atoms. The van der Waals surface area contributed by atoms with Crippen molar-refractivity contribution in [3.05, 3.63) is 0 Å². The van der Waals surface area contributed by atoms with Crippen molar-refractivity contribution in [1.82, 2.24) is 0 Å². The number of hydrogen-bond donors (Lipinski definition) is 0. The van der Waals surface area contributed by atoms with Crippen LogP contribution in [0.3, 0.4) is 0 Å². The van der Waals surface area contributed by atoms with E-state index in [0.717, 1.165) is 24.2 Å². The van der Waals surface area contributed by atoms with E-state index in [1.54, 1.807) is 0 Å². The molecule has 102 valence electrons. The van der Waals surface area contributed by atoms with E-state index in [9.17, 15) is 13.6 Å². The molecule has 0 aromatic carbocycles. The van der Waals surface area contributed by atoms with Crippen LogP contribution in [0.1, 0.15) is 39.0 Å². The zero-order valence-corrected chi connectivity index (χ0v) is 10.7. The van der Waals surface area contributed by atoms with Gasteiger partial charge in [-0.05, 0) is 55.3 Å². The van der Waals surface area contributed by atoms with Gasteiger partial charge in [0.05, 0.1) is 6.61 Å². The number of halogens is 2. The lowest BCUT2D eigenvalue weighted by atomic mass is 9.76. The number of carbonyl (C=O) groups excluding carboxylic acids is 1. The van der Waals surface area contributed by atoms with Gasteiger partial charge in [-0.15, -0.1) is 0 Å². The number of hydrogen-bond acceptors (Lipinski definition) is 2. The molecule has 0 saturated heterocycles. The van der Waals surface area contributed by atoms with Gasteiger partial charge in [0.15, 0.2) is 0 Å². The molecule has 0 aliphatic heterocycles. The molecule has 0 amide bonds. The van der Waals surface area contributed by atoms with Crippen LogP contribution >= 0.6 is 0 Å². The first-order valence-corrected chi connectivity index (χ1v) is 7.02. The van der Waals surface area contributed by atoms with Crippen LogP contribution in [0.5, 0.6) is 0 Å². The molecule has 0 radical (unpaired) electrons. The van der Waals surface area contributed by atoms with Crippen LogP contribution in [0.2, 0.25) is 0 Å². The lowest BCUT2D eigenvalue weighted by molar-refractivity contribution is -0.171. The Morgan fingerprint density at radius 3 is 2.67 bits per heavy atom. The van der Waals surface area contributed by atoms with Crippen LogP contribution in [-0.2, 0) is 9.53 Å². The zero-order valence-electron chi connectivity index (χ0n) is 10.7. The standard InChI is InChI=1S/C14H20F2O2/c1-14(15,16)13(17)18-7-9-5-8-6-12(9)11-4-2-3-10(8)11/h8-12H,2-7H2,1H3. The van der Waals surface area contributed by atoms with E-state index >= 15 is 0 Å². The molecular weight excluding hydrogens is 238 g/mol. The van der Waals surface area contributed by atoms with E-state index in [0.29, 0.717) is 18.8 Å². The van der Waals surface area contributed by atoms with Crippen molar-refractivity contribution in [3.8, 4) is 0 Å². The first kappa shape index (κ1) is 12.4. The maximum absolute atomic E-state index is 12.7. The summed E-state index contributed by atoms with van der Waals surface area (Å²) in [5, 5.41) is 0. The Balaban J connectivity index is 1.55. The highest BCUT2D eigenvalue weighted by atomic mass is 19.3. The Hall–Kier alpha value is -0.670. The highest BCUT2D eigenvalue weighted by molar-refractivity contribution is 5.76. The van der Waals surface area contributed by atoms with Crippen LogP contribution in [0.4, 0.5) is 8.78 Å². The third kappa shape index (κ3) is 1.94. The highest BCUT2D eigenvalue weighted by Gasteiger charge is 2.54. The predicted octanol–water partition coefficient (Wildman–Crippen LogP) is 3.26. The second-order valence-corrected chi connectivity index (χ2v) is 6.40. The van der Waals surface area contributed by atoms with E-state index in [2.05, 4.69) is 0 Å². The van der Waals surface area contributed by atoms with Gasteiger partial charge in [-0.3, -0.25) is 0 Å². The Morgan fingerprint density at radius 1 is 1.22 bits per heavy atom. The van der Waals surface area contributed by atoms with Crippen LogP contribution in [0.25, 0.3) is 0 Å². The normalized spacial score (nSPS) is 42.1. The molecule has 0 N–H and O–H groups in total. The van der Waals surface area contributed by atoms with Crippen molar-refractivity contribution >= 4 is 5.97 Å². The van der Waals surface area contributed by atoms with Crippen molar-refractivity contribution in [3.63, 3.8) is 0 Å². The van der Waals surface area contributed by atoms with Gasteiger partial charge in [-0.1, -0.05) is 6.42 Å². The molecule has 2 bridgehead atoms. The van der Waals surface area contributed by atoms with E-state index in [-0.39, 0.29) is 6.61 Å². The largest absolute Gasteiger partial charge is 0.461 e. The molecule has 2 nitrogen and oxygen atoms in total. The van der Waals surface area contributed by atoms with Crippen molar-refractivity contribution in [1.29, 1.82) is 0 Å². The fourth-order valence-corrected chi connectivity index (χ4v) is 4.71. The summed E-state index contributed by atoms with van der Waals surface area (Å²) >= 11 is 0. The fraction of sp³-hybridized carbons (Fsp3) is 0.929. The van der Waals surface area contributed by atoms with Gasteiger partial charge in [0.1, 0.15) is 0 Å². The molecule has 5 unspecified atom stereocenters. The maximum atomic E-state index is 12.7. The summed E-state index contributed by atoms with van der Waals surface area (Å²) in [5.74, 6) is -1.32. The lowest BCUT2D eigenvalue weighted by Gasteiger charge is -2.31. The molecule has 3 aliphatic carbocycles. The Bertz CT molecular complexity index is 350. The second kappa shape index (κ2) is 4.17. The number of carbonyl (C=O) groups is 1. The molecule has 0 aromatic heterocycles. The Kier molecular flexibility index (Phi) is 2.87. The first-order chi connectivity index (χ1) is 8.47. The van der Waals surface area contributed by atoms with Crippen LogP contribution in [0, 0.1) is 29.6 Å². The topological polar surface area (TPSA) is 26.3 Å². The van der Waals surface area contributed by atoms with Crippen molar-refractivity contribution in [2.45, 2.75) is 45.0 Å². The van der Waals surface area contributed by atoms with Gasteiger partial charge in [-0.25, -0.2) is 4.79 Å². The SMILES string of the molecule is CC(F)(F)C(=O)OCC1CC2CC1C1CCCC21. The third-order valence-electron chi connectivity index (χ3n) is 5.35. The van der Waals surface area contributed by atoms with E-state index < -0.39 is 11.9 Å². The minimum atomic E-state index is -3.35.